The van der Waals surface area contributed by atoms with Crippen LogP contribution in [0.2, 0.25) is 0 Å². The highest BCUT2D eigenvalue weighted by atomic mass is 16.5. The highest BCUT2D eigenvalue weighted by Gasteiger charge is 2.21. The molecule has 1 saturated heterocycles. The lowest BCUT2D eigenvalue weighted by Gasteiger charge is -2.28. The van der Waals surface area contributed by atoms with Crippen LogP contribution in [0, 0.1) is 0 Å². The van der Waals surface area contributed by atoms with Crippen molar-refractivity contribution in [2.45, 2.75) is 31.8 Å². The van der Waals surface area contributed by atoms with Crippen molar-refractivity contribution in [1.82, 2.24) is 10.6 Å². The zero-order valence-electron chi connectivity index (χ0n) is 11.9. The largest absolute Gasteiger partial charge is 0.482 e. The van der Waals surface area contributed by atoms with Gasteiger partial charge in [0.05, 0.1) is 5.69 Å². The van der Waals surface area contributed by atoms with E-state index in [-0.39, 0.29) is 30.5 Å². The van der Waals surface area contributed by atoms with E-state index in [4.69, 9.17) is 4.74 Å². The number of rotatable bonds is 3. The number of fused-ring (bicyclic) bond motifs is 1. The summed E-state index contributed by atoms with van der Waals surface area (Å²) in [7, 11) is 0. The first kappa shape index (κ1) is 13.9. The Balaban J connectivity index is 1.67. The molecule has 1 aromatic rings. The Hall–Kier alpha value is -2.08. The molecule has 2 heterocycles. The Morgan fingerprint density at radius 2 is 2.19 bits per heavy atom. The first-order valence-corrected chi connectivity index (χ1v) is 7.21. The quantitative estimate of drug-likeness (QED) is 0.774. The van der Waals surface area contributed by atoms with Gasteiger partial charge in [-0.1, -0.05) is 6.07 Å². The van der Waals surface area contributed by atoms with E-state index in [2.05, 4.69) is 22.9 Å². The standard InChI is InChI=1S/C15H19N3O3/c1-9(17-11-3-5-14(19)16-7-11)10-2-4-13-12(6-10)18-15(20)8-21-13/h2,4,6,9,11,17H,3,5,7-8H2,1H3,(H,16,19)(H,18,20). The fraction of sp³-hybridized carbons (Fsp3) is 0.467. The summed E-state index contributed by atoms with van der Waals surface area (Å²) in [5, 5.41) is 9.19. The Morgan fingerprint density at radius 3 is 2.95 bits per heavy atom. The van der Waals surface area contributed by atoms with E-state index in [1.165, 1.54) is 0 Å². The van der Waals surface area contributed by atoms with Crippen molar-refractivity contribution >= 4 is 17.5 Å². The number of hydrogen-bond acceptors (Lipinski definition) is 4. The van der Waals surface area contributed by atoms with Crippen LogP contribution in [0.1, 0.15) is 31.4 Å². The third-order valence-electron chi connectivity index (χ3n) is 3.89. The lowest BCUT2D eigenvalue weighted by molar-refractivity contribution is -0.122. The summed E-state index contributed by atoms with van der Waals surface area (Å²) in [6.45, 7) is 2.81. The molecular formula is C15H19N3O3. The highest BCUT2D eigenvalue weighted by molar-refractivity contribution is 5.95. The normalized spacial score (nSPS) is 22.6. The first-order chi connectivity index (χ1) is 10.1. The van der Waals surface area contributed by atoms with Crippen molar-refractivity contribution in [3.63, 3.8) is 0 Å². The minimum Gasteiger partial charge on any atom is -0.482 e. The van der Waals surface area contributed by atoms with E-state index in [9.17, 15) is 9.59 Å². The van der Waals surface area contributed by atoms with Gasteiger partial charge in [-0.15, -0.1) is 0 Å². The molecule has 2 aliphatic heterocycles. The van der Waals surface area contributed by atoms with Crippen molar-refractivity contribution in [2.24, 2.45) is 0 Å². The molecule has 112 valence electrons. The molecule has 0 saturated carbocycles. The zero-order chi connectivity index (χ0) is 14.8. The molecule has 2 amide bonds. The molecule has 0 spiro atoms. The van der Waals surface area contributed by atoms with Gasteiger partial charge >= 0.3 is 0 Å². The fourth-order valence-corrected chi connectivity index (χ4v) is 2.69. The van der Waals surface area contributed by atoms with Gasteiger partial charge in [0.25, 0.3) is 5.91 Å². The molecule has 0 aliphatic carbocycles. The fourth-order valence-electron chi connectivity index (χ4n) is 2.69. The Labute approximate surface area is 123 Å². The number of benzene rings is 1. The van der Waals surface area contributed by atoms with Gasteiger partial charge in [-0.25, -0.2) is 0 Å². The third-order valence-corrected chi connectivity index (χ3v) is 3.89. The van der Waals surface area contributed by atoms with Crippen molar-refractivity contribution in [2.75, 3.05) is 18.5 Å². The predicted molar refractivity (Wildman–Crippen MR) is 78.1 cm³/mol. The number of ether oxygens (including phenoxy) is 1. The van der Waals surface area contributed by atoms with Crippen LogP contribution in [0.15, 0.2) is 18.2 Å². The Kier molecular flexibility index (Phi) is 3.79. The molecule has 0 bridgehead atoms. The van der Waals surface area contributed by atoms with Crippen LogP contribution in [0.4, 0.5) is 5.69 Å². The van der Waals surface area contributed by atoms with Crippen LogP contribution >= 0.6 is 0 Å². The third kappa shape index (κ3) is 3.16. The van der Waals surface area contributed by atoms with Crippen LogP contribution in [-0.4, -0.2) is 31.0 Å². The number of nitrogens with one attached hydrogen (secondary N) is 3. The lowest BCUT2D eigenvalue weighted by Crippen LogP contribution is -2.46. The average Bonchev–Trinajstić information content (AvgIpc) is 2.48. The second-order valence-electron chi connectivity index (χ2n) is 5.52. The maximum absolute atomic E-state index is 11.4. The van der Waals surface area contributed by atoms with E-state index in [0.717, 1.165) is 12.0 Å². The molecule has 2 unspecified atom stereocenters. The van der Waals surface area contributed by atoms with Crippen LogP contribution < -0.4 is 20.7 Å². The summed E-state index contributed by atoms with van der Waals surface area (Å²) in [6.07, 6.45) is 1.42. The number of carbonyl (C=O) groups is 2. The minimum atomic E-state index is -0.129. The number of piperidine rings is 1. The van der Waals surface area contributed by atoms with Gasteiger partial charge in [0.15, 0.2) is 6.61 Å². The maximum Gasteiger partial charge on any atom is 0.262 e. The predicted octanol–water partition coefficient (Wildman–Crippen LogP) is 0.947. The number of amides is 2. The van der Waals surface area contributed by atoms with E-state index in [0.29, 0.717) is 24.4 Å². The van der Waals surface area contributed by atoms with Gasteiger partial charge < -0.3 is 20.7 Å². The molecule has 2 aliphatic rings. The second kappa shape index (κ2) is 5.73. The monoisotopic (exact) mass is 289 g/mol. The molecule has 1 aromatic carbocycles. The van der Waals surface area contributed by atoms with Crippen LogP contribution in [-0.2, 0) is 9.59 Å². The molecule has 3 N–H and O–H groups in total. The minimum absolute atomic E-state index is 0.0714. The molecule has 2 atom stereocenters. The van der Waals surface area contributed by atoms with Crippen LogP contribution in [0.3, 0.4) is 0 Å². The molecule has 6 heteroatoms. The van der Waals surface area contributed by atoms with Crippen molar-refractivity contribution in [1.29, 1.82) is 0 Å². The van der Waals surface area contributed by atoms with Gasteiger partial charge in [0.2, 0.25) is 5.91 Å². The summed E-state index contributed by atoms with van der Waals surface area (Å²) < 4.78 is 5.35. The molecule has 1 fully saturated rings. The van der Waals surface area contributed by atoms with Crippen molar-refractivity contribution in [3.8, 4) is 5.75 Å². The number of hydrogen-bond donors (Lipinski definition) is 3. The smallest absolute Gasteiger partial charge is 0.262 e. The number of anilines is 1. The topological polar surface area (TPSA) is 79.5 Å². The molecule has 3 rings (SSSR count). The zero-order valence-corrected chi connectivity index (χ0v) is 11.9. The second-order valence-corrected chi connectivity index (χ2v) is 5.52. The number of carbonyl (C=O) groups excluding carboxylic acids is 2. The molecule has 6 nitrogen and oxygen atoms in total. The maximum atomic E-state index is 11.4. The molecule has 21 heavy (non-hydrogen) atoms. The first-order valence-electron chi connectivity index (χ1n) is 7.21. The van der Waals surface area contributed by atoms with Crippen molar-refractivity contribution in [3.05, 3.63) is 23.8 Å². The van der Waals surface area contributed by atoms with Crippen molar-refractivity contribution < 1.29 is 14.3 Å². The van der Waals surface area contributed by atoms with Gasteiger partial charge in [0, 0.05) is 25.0 Å². The molecule has 0 aromatic heterocycles. The Morgan fingerprint density at radius 1 is 1.33 bits per heavy atom. The van der Waals surface area contributed by atoms with Crippen LogP contribution in [0.25, 0.3) is 0 Å². The summed E-state index contributed by atoms with van der Waals surface area (Å²) in [4.78, 5) is 22.5. The van der Waals surface area contributed by atoms with Gasteiger partial charge in [-0.3, -0.25) is 9.59 Å². The van der Waals surface area contributed by atoms with Crippen LogP contribution in [0.5, 0.6) is 5.75 Å². The van der Waals surface area contributed by atoms with Gasteiger partial charge in [0.1, 0.15) is 5.75 Å². The van der Waals surface area contributed by atoms with E-state index in [1.54, 1.807) is 0 Å². The van der Waals surface area contributed by atoms with Gasteiger partial charge in [-0.05, 0) is 31.0 Å². The molecular weight excluding hydrogens is 270 g/mol. The Bertz CT molecular complexity index is 563. The van der Waals surface area contributed by atoms with E-state index in [1.807, 2.05) is 18.2 Å². The summed E-state index contributed by atoms with van der Waals surface area (Å²) in [5.74, 6) is 0.695. The van der Waals surface area contributed by atoms with E-state index >= 15 is 0 Å². The molecule has 0 radical (unpaired) electrons. The SMILES string of the molecule is CC(NC1CCC(=O)NC1)c1ccc2c(c1)NC(=O)CO2. The lowest BCUT2D eigenvalue weighted by atomic mass is 10.0. The van der Waals surface area contributed by atoms with E-state index < -0.39 is 0 Å². The average molecular weight is 289 g/mol. The van der Waals surface area contributed by atoms with Gasteiger partial charge in [-0.2, -0.15) is 0 Å². The highest BCUT2D eigenvalue weighted by Crippen LogP contribution is 2.30. The summed E-state index contributed by atoms with van der Waals surface area (Å²) in [6, 6.07) is 6.22. The summed E-state index contributed by atoms with van der Waals surface area (Å²) in [5.41, 5.74) is 1.80. The summed E-state index contributed by atoms with van der Waals surface area (Å²) >= 11 is 0.